The number of nitrogens with zero attached hydrogens (tertiary/aromatic N) is 1. The molecule has 2 aromatic rings. The van der Waals surface area contributed by atoms with Crippen LogP contribution in [0.2, 0.25) is 0 Å². The van der Waals surface area contributed by atoms with E-state index in [0.29, 0.717) is 0 Å². The van der Waals surface area contributed by atoms with E-state index in [2.05, 4.69) is 29.0 Å². The van der Waals surface area contributed by atoms with Crippen LogP contribution in [0.15, 0.2) is 59.6 Å². The van der Waals surface area contributed by atoms with Gasteiger partial charge in [0.2, 0.25) is 0 Å². The molecule has 1 aliphatic heterocycles. The quantitative estimate of drug-likeness (QED) is 0.666. The number of aliphatic imine (C=N–C) groups is 1. The fourth-order valence-electron chi connectivity index (χ4n) is 2.29. The average Bonchev–Trinajstić information content (AvgIpc) is 2.53. The number of hydrogen-bond donors (Lipinski definition) is 0. The highest BCUT2D eigenvalue weighted by Gasteiger charge is 2.19. The first-order chi connectivity index (χ1) is 9.86. The molecule has 0 radical (unpaired) electrons. The minimum Gasteiger partial charge on any atom is -0.484 e. The van der Waals surface area contributed by atoms with Gasteiger partial charge >= 0.3 is 0 Å². The van der Waals surface area contributed by atoms with Crippen LogP contribution in [0.3, 0.4) is 0 Å². The molecular formula is C18H15NO. The summed E-state index contributed by atoms with van der Waals surface area (Å²) in [6, 6.07) is 18.1. The van der Waals surface area contributed by atoms with Crippen LogP contribution in [0.1, 0.15) is 22.7 Å². The molecular weight excluding hydrogens is 246 g/mol. The zero-order chi connectivity index (χ0) is 13.8. The number of ether oxygens (including phenoxy) is 1. The fraction of sp³-hybridized carbons (Fsp3) is 0.167. The van der Waals surface area contributed by atoms with Crippen LogP contribution in [-0.2, 0) is 11.2 Å². The van der Waals surface area contributed by atoms with Crippen molar-refractivity contribution < 1.29 is 4.74 Å². The number of benzene rings is 2. The lowest BCUT2D eigenvalue weighted by Crippen LogP contribution is -2.16. The highest BCUT2D eigenvalue weighted by atomic mass is 16.5. The van der Waals surface area contributed by atoms with Crippen molar-refractivity contribution in [3.05, 3.63) is 71.3 Å². The Hall–Kier alpha value is -2.53. The van der Waals surface area contributed by atoms with Gasteiger partial charge in [0.05, 0.1) is 7.11 Å². The molecule has 0 amide bonds. The zero-order valence-corrected chi connectivity index (χ0v) is 11.3. The first-order valence-electron chi connectivity index (χ1n) is 6.62. The van der Waals surface area contributed by atoms with Crippen LogP contribution < -0.4 is 0 Å². The van der Waals surface area contributed by atoms with Crippen molar-refractivity contribution in [2.75, 3.05) is 7.11 Å². The first kappa shape index (κ1) is 12.5. The van der Waals surface area contributed by atoms with E-state index in [9.17, 15) is 0 Å². The molecule has 0 saturated carbocycles. The lowest BCUT2D eigenvalue weighted by Gasteiger charge is -2.19. The van der Waals surface area contributed by atoms with Crippen molar-refractivity contribution in [2.24, 2.45) is 4.99 Å². The van der Waals surface area contributed by atoms with Crippen LogP contribution in [0.4, 0.5) is 0 Å². The number of hydrogen-bond acceptors (Lipinski definition) is 2. The van der Waals surface area contributed by atoms with E-state index < -0.39 is 0 Å². The van der Waals surface area contributed by atoms with E-state index in [0.717, 1.165) is 17.9 Å². The van der Waals surface area contributed by atoms with E-state index in [-0.39, 0.29) is 6.04 Å². The van der Waals surface area contributed by atoms with Crippen LogP contribution >= 0.6 is 0 Å². The second-order valence-corrected chi connectivity index (χ2v) is 4.64. The Morgan fingerprint density at radius 1 is 1.05 bits per heavy atom. The minimum absolute atomic E-state index is 0.143. The predicted octanol–water partition coefficient (Wildman–Crippen LogP) is 3.38. The Balaban J connectivity index is 1.97. The zero-order valence-electron chi connectivity index (χ0n) is 11.3. The molecule has 1 heterocycles. The smallest absolute Gasteiger partial charge is 0.189 e. The molecule has 0 saturated heterocycles. The van der Waals surface area contributed by atoms with Gasteiger partial charge in [-0.25, -0.2) is 4.99 Å². The molecule has 0 aliphatic carbocycles. The molecule has 0 spiro atoms. The largest absolute Gasteiger partial charge is 0.484 e. The van der Waals surface area contributed by atoms with Gasteiger partial charge in [0.25, 0.3) is 0 Å². The van der Waals surface area contributed by atoms with Gasteiger partial charge in [-0.3, -0.25) is 0 Å². The van der Waals surface area contributed by atoms with Gasteiger partial charge in [0.15, 0.2) is 5.90 Å². The molecule has 0 N–H and O–H groups in total. The number of methoxy groups -OCH3 is 1. The molecule has 1 unspecified atom stereocenters. The van der Waals surface area contributed by atoms with Gasteiger partial charge in [0.1, 0.15) is 6.04 Å². The van der Waals surface area contributed by atoms with E-state index in [1.54, 1.807) is 7.11 Å². The van der Waals surface area contributed by atoms with Crippen molar-refractivity contribution in [1.82, 2.24) is 0 Å². The third-order valence-electron chi connectivity index (χ3n) is 3.33. The Kier molecular flexibility index (Phi) is 3.52. The second-order valence-electron chi connectivity index (χ2n) is 4.64. The van der Waals surface area contributed by atoms with Gasteiger partial charge in [0, 0.05) is 12.0 Å². The molecule has 0 fully saturated rings. The van der Waals surface area contributed by atoms with Gasteiger partial charge in [-0.2, -0.15) is 0 Å². The van der Waals surface area contributed by atoms with Crippen molar-refractivity contribution in [1.29, 1.82) is 0 Å². The molecule has 2 heteroatoms. The highest BCUT2D eigenvalue weighted by molar-refractivity contribution is 5.81. The maximum Gasteiger partial charge on any atom is 0.189 e. The Morgan fingerprint density at radius 2 is 1.80 bits per heavy atom. The molecule has 0 aromatic heterocycles. The first-order valence-corrected chi connectivity index (χ1v) is 6.62. The molecule has 1 aliphatic rings. The third-order valence-corrected chi connectivity index (χ3v) is 3.33. The SMILES string of the molecule is COC1=NC(C#Cc2ccccc2)c2ccccc2C1. The van der Waals surface area contributed by atoms with Crippen LogP contribution in [-0.4, -0.2) is 13.0 Å². The molecule has 1 atom stereocenters. The third kappa shape index (κ3) is 2.57. The van der Waals surface area contributed by atoms with Gasteiger partial charge < -0.3 is 4.74 Å². The summed E-state index contributed by atoms with van der Waals surface area (Å²) in [4.78, 5) is 4.58. The normalized spacial score (nSPS) is 16.4. The van der Waals surface area contributed by atoms with Crippen molar-refractivity contribution in [3.63, 3.8) is 0 Å². The summed E-state index contributed by atoms with van der Waals surface area (Å²) in [5, 5.41) is 0. The van der Waals surface area contributed by atoms with Gasteiger partial charge in [-0.05, 0) is 23.3 Å². The van der Waals surface area contributed by atoms with Crippen LogP contribution in [0, 0.1) is 11.8 Å². The summed E-state index contributed by atoms with van der Waals surface area (Å²) < 4.78 is 5.31. The molecule has 0 bridgehead atoms. The van der Waals surface area contributed by atoms with E-state index in [4.69, 9.17) is 4.74 Å². The Morgan fingerprint density at radius 3 is 2.60 bits per heavy atom. The Labute approximate surface area is 119 Å². The van der Waals surface area contributed by atoms with Crippen molar-refractivity contribution in [2.45, 2.75) is 12.5 Å². The maximum atomic E-state index is 5.31. The maximum absolute atomic E-state index is 5.31. The Bertz CT molecular complexity index is 692. The lowest BCUT2D eigenvalue weighted by atomic mass is 9.95. The van der Waals surface area contributed by atoms with Crippen molar-refractivity contribution in [3.8, 4) is 11.8 Å². The molecule has 3 rings (SSSR count). The predicted molar refractivity (Wildman–Crippen MR) is 80.7 cm³/mol. The lowest BCUT2D eigenvalue weighted by molar-refractivity contribution is 0.387. The van der Waals surface area contributed by atoms with Gasteiger partial charge in [-0.1, -0.05) is 54.3 Å². The minimum atomic E-state index is -0.143. The number of rotatable bonds is 0. The van der Waals surface area contributed by atoms with Crippen LogP contribution in [0.25, 0.3) is 0 Å². The van der Waals surface area contributed by atoms with Crippen molar-refractivity contribution >= 4 is 5.90 Å². The van der Waals surface area contributed by atoms with Gasteiger partial charge in [-0.15, -0.1) is 0 Å². The highest BCUT2D eigenvalue weighted by Crippen LogP contribution is 2.26. The number of fused-ring (bicyclic) bond motifs is 1. The molecule has 98 valence electrons. The van der Waals surface area contributed by atoms with E-state index in [1.165, 1.54) is 11.1 Å². The monoisotopic (exact) mass is 261 g/mol. The summed E-state index contributed by atoms with van der Waals surface area (Å²) in [6.07, 6.45) is 0.746. The van der Waals surface area contributed by atoms with Crippen LogP contribution in [0.5, 0.6) is 0 Å². The molecule has 2 nitrogen and oxygen atoms in total. The van der Waals surface area contributed by atoms with E-state index >= 15 is 0 Å². The second kappa shape index (κ2) is 5.63. The molecule has 20 heavy (non-hydrogen) atoms. The standard InChI is InChI=1S/C18H15NO/c1-20-18-13-15-9-5-6-10-16(15)17(19-18)12-11-14-7-3-2-4-8-14/h2-10,17H,13H2,1H3. The summed E-state index contributed by atoms with van der Waals surface area (Å²) in [5.41, 5.74) is 3.42. The topological polar surface area (TPSA) is 21.6 Å². The summed E-state index contributed by atoms with van der Waals surface area (Å²) in [7, 11) is 1.66. The average molecular weight is 261 g/mol. The summed E-state index contributed by atoms with van der Waals surface area (Å²) >= 11 is 0. The van der Waals surface area contributed by atoms with E-state index in [1.807, 2.05) is 42.5 Å². The summed E-state index contributed by atoms with van der Waals surface area (Å²) in [5.74, 6) is 7.17. The fourth-order valence-corrected chi connectivity index (χ4v) is 2.29. The summed E-state index contributed by atoms with van der Waals surface area (Å²) in [6.45, 7) is 0. The molecule has 2 aromatic carbocycles.